The highest BCUT2D eigenvalue weighted by molar-refractivity contribution is 6.32. The summed E-state index contributed by atoms with van der Waals surface area (Å²) in [5, 5.41) is 0.495. The van der Waals surface area contributed by atoms with Crippen LogP contribution in [0.4, 0.5) is 0 Å². The van der Waals surface area contributed by atoms with Gasteiger partial charge in [-0.2, -0.15) is 0 Å². The van der Waals surface area contributed by atoms with Crippen LogP contribution in [0.1, 0.15) is 48.2 Å². The van der Waals surface area contributed by atoms with E-state index in [9.17, 15) is 14.4 Å². The van der Waals surface area contributed by atoms with Crippen LogP contribution in [-0.4, -0.2) is 17.3 Å². The zero-order valence-electron chi connectivity index (χ0n) is 15.5. The Morgan fingerprint density at radius 1 is 0.700 bits per heavy atom. The van der Waals surface area contributed by atoms with Crippen LogP contribution in [0.2, 0.25) is 5.02 Å². The molecule has 4 nitrogen and oxygen atoms in total. The van der Waals surface area contributed by atoms with Gasteiger partial charge in [-0.1, -0.05) is 66.2 Å². The maximum absolute atomic E-state index is 13.3. The first-order valence-corrected chi connectivity index (χ1v) is 9.65. The van der Waals surface area contributed by atoms with E-state index in [0.717, 1.165) is 0 Å². The van der Waals surface area contributed by atoms with E-state index in [0.29, 0.717) is 27.3 Å². The van der Waals surface area contributed by atoms with Crippen molar-refractivity contribution >= 4 is 29.0 Å². The Labute approximate surface area is 176 Å². The van der Waals surface area contributed by atoms with E-state index in [1.807, 2.05) is 6.07 Å². The van der Waals surface area contributed by atoms with Gasteiger partial charge < -0.3 is 4.42 Å². The Kier molecular flexibility index (Phi) is 4.23. The normalized spacial score (nSPS) is 12.4. The molecule has 0 amide bonds. The Bertz CT molecular complexity index is 1330. The van der Waals surface area contributed by atoms with Gasteiger partial charge in [0.1, 0.15) is 0 Å². The molecule has 30 heavy (non-hydrogen) atoms. The average Bonchev–Trinajstić information content (AvgIpc) is 3.19. The summed E-state index contributed by atoms with van der Waals surface area (Å²) in [4.78, 5) is 39.7. The molecule has 144 valence electrons. The second-order valence-electron chi connectivity index (χ2n) is 6.92. The molecule has 1 heterocycles. The Hall–Kier alpha value is -3.76. The van der Waals surface area contributed by atoms with Gasteiger partial charge in [-0.25, -0.2) is 0 Å². The Morgan fingerprint density at radius 2 is 1.30 bits per heavy atom. The highest BCUT2D eigenvalue weighted by Crippen LogP contribution is 2.39. The molecule has 0 fully saturated rings. The van der Waals surface area contributed by atoms with Crippen LogP contribution in [0.5, 0.6) is 0 Å². The molecule has 0 atom stereocenters. The van der Waals surface area contributed by atoms with Gasteiger partial charge in [0.05, 0.1) is 5.56 Å². The lowest BCUT2D eigenvalue weighted by Gasteiger charge is -2.13. The first-order valence-electron chi connectivity index (χ1n) is 9.27. The lowest BCUT2D eigenvalue weighted by Crippen LogP contribution is -2.19. The third kappa shape index (κ3) is 2.73. The van der Waals surface area contributed by atoms with E-state index in [-0.39, 0.29) is 28.4 Å². The van der Waals surface area contributed by atoms with Crippen LogP contribution in [0, 0.1) is 0 Å². The summed E-state index contributed by atoms with van der Waals surface area (Å²) < 4.78 is 5.82. The SMILES string of the molecule is O=C1c2ccccc2C(=O)c2c1oc(C(=O)c1ccc(Cl)cc1)c2-c1ccccc1. The van der Waals surface area contributed by atoms with Crippen molar-refractivity contribution in [1.82, 2.24) is 0 Å². The first kappa shape index (κ1) is 18.3. The van der Waals surface area contributed by atoms with Crippen molar-refractivity contribution in [2.45, 2.75) is 0 Å². The molecule has 3 aromatic carbocycles. The largest absolute Gasteiger partial charge is 0.448 e. The van der Waals surface area contributed by atoms with Gasteiger partial charge in [0, 0.05) is 27.3 Å². The first-order chi connectivity index (χ1) is 14.6. The Balaban J connectivity index is 1.79. The minimum Gasteiger partial charge on any atom is -0.448 e. The van der Waals surface area contributed by atoms with Crippen molar-refractivity contribution in [3.8, 4) is 11.1 Å². The topological polar surface area (TPSA) is 64.3 Å². The number of ketones is 3. The minimum atomic E-state index is -0.426. The van der Waals surface area contributed by atoms with Gasteiger partial charge in [0.25, 0.3) is 0 Å². The van der Waals surface area contributed by atoms with E-state index >= 15 is 0 Å². The van der Waals surface area contributed by atoms with Gasteiger partial charge in [0.2, 0.25) is 11.6 Å². The lowest BCUT2D eigenvalue weighted by atomic mass is 9.84. The van der Waals surface area contributed by atoms with Gasteiger partial charge in [-0.3, -0.25) is 14.4 Å². The molecule has 1 aliphatic rings. The van der Waals surface area contributed by atoms with Crippen LogP contribution >= 0.6 is 11.6 Å². The van der Waals surface area contributed by atoms with Crippen molar-refractivity contribution in [3.05, 3.63) is 118 Å². The molecule has 4 aromatic rings. The number of hydrogen-bond acceptors (Lipinski definition) is 4. The third-order valence-electron chi connectivity index (χ3n) is 5.13. The van der Waals surface area contributed by atoms with Crippen molar-refractivity contribution in [1.29, 1.82) is 0 Å². The third-order valence-corrected chi connectivity index (χ3v) is 5.38. The standard InChI is InChI=1S/C25H13ClO4/c26-16-12-10-15(11-13-16)21(27)24-19(14-6-2-1-3-7-14)20-22(28)17-8-4-5-9-18(17)23(29)25(20)30-24/h1-13H. The Morgan fingerprint density at radius 3 is 1.97 bits per heavy atom. The fraction of sp³-hybridized carbons (Fsp3) is 0. The van der Waals surface area contributed by atoms with Crippen molar-refractivity contribution < 1.29 is 18.8 Å². The maximum atomic E-state index is 13.3. The molecule has 1 aromatic heterocycles. The zero-order chi connectivity index (χ0) is 20.8. The summed E-state index contributed by atoms with van der Waals surface area (Å²) in [5.41, 5.74) is 2.01. The molecular formula is C25H13ClO4. The highest BCUT2D eigenvalue weighted by atomic mass is 35.5. The molecule has 0 spiro atoms. The fourth-order valence-corrected chi connectivity index (χ4v) is 3.84. The molecule has 0 aliphatic heterocycles. The summed E-state index contributed by atoms with van der Waals surface area (Å²) >= 11 is 5.94. The van der Waals surface area contributed by atoms with Crippen molar-refractivity contribution in [2.75, 3.05) is 0 Å². The monoisotopic (exact) mass is 412 g/mol. The number of hydrogen-bond donors (Lipinski definition) is 0. The van der Waals surface area contributed by atoms with Gasteiger partial charge in [-0.05, 0) is 29.8 Å². The van der Waals surface area contributed by atoms with Crippen LogP contribution in [-0.2, 0) is 0 Å². The van der Waals surface area contributed by atoms with Gasteiger partial charge in [0.15, 0.2) is 17.3 Å². The van der Waals surface area contributed by atoms with Crippen LogP contribution in [0.3, 0.4) is 0 Å². The number of carbonyl (C=O) groups excluding carboxylic acids is 3. The highest BCUT2D eigenvalue weighted by Gasteiger charge is 2.39. The molecule has 1 aliphatic carbocycles. The predicted molar refractivity (Wildman–Crippen MR) is 112 cm³/mol. The second-order valence-corrected chi connectivity index (χ2v) is 7.35. The summed E-state index contributed by atoms with van der Waals surface area (Å²) in [5.74, 6) is -1.31. The van der Waals surface area contributed by atoms with E-state index in [2.05, 4.69) is 0 Å². The molecule has 0 N–H and O–H groups in total. The predicted octanol–water partition coefficient (Wildman–Crippen LogP) is 5.61. The number of furan rings is 1. The maximum Gasteiger partial charge on any atom is 0.229 e. The summed E-state index contributed by atoms with van der Waals surface area (Å²) in [6, 6.07) is 22.0. The quantitative estimate of drug-likeness (QED) is 0.361. The van der Waals surface area contributed by atoms with E-state index in [4.69, 9.17) is 16.0 Å². The zero-order valence-corrected chi connectivity index (χ0v) is 16.3. The number of benzene rings is 3. The molecule has 0 saturated heterocycles. The summed E-state index contributed by atoms with van der Waals surface area (Å²) in [6.45, 7) is 0. The number of fused-ring (bicyclic) bond motifs is 2. The smallest absolute Gasteiger partial charge is 0.229 e. The van der Waals surface area contributed by atoms with E-state index in [1.54, 1.807) is 72.8 Å². The second kappa shape index (κ2) is 6.94. The average molecular weight is 413 g/mol. The molecule has 5 heteroatoms. The minimum absolute atomic E-state index is 0.0389. The molecule has 0 unspecified atom stereocenters. The molecule has 0 bridgehead atoms. The molecular weight excluding hydrogens is 400 g/mol. The molecule has 5 rings (SSSR count). The fourth-order valence-electron chi connectivity index (χ4n) is 3.72. The van der Waals surface area contributed by atoms with Crippen LogP contribution in [0.15, 0.2) is 83.3 Å². The molecule has 0 saturated carbocycles. The lowest BCUT2D eigenvalue weighted by molar-refractivity contribution is 0.0951. The van der Waals surface area contributed by atoms with Crippen molar-refractivity contribution in [3.63, 3.8) is 0 Å². The number of carbonyl (C=O) groups is 3. The van der Waals surface area contributed by atoms with E-state index < -0.39 is 11.6 Å². The van der Waals surface area contributed by atoms with Crippen LogP contribution < -0.4 is 0 Å². The molecule has 0 radical (unpaired) electrons. The number of halogens is 1. The van der Waals surface area contributed by atoms with Crippen LogP contribution in [0.25, 0.3) is 11.1 Å². The van der Waals surface area contributed by atoms with Gasteiger partial charge in [-0.15, -0.1) is 0 Å². The summed E-state index contributed by atoms with van der Waals surface area (Å²) in [6.07, 6.45) is 0. The summed E-state index contributed by atoms with van der Waals surface area (Å²) in [7, 11) is 0. The van der Waals surface area contributed by atoms with E-state index in [1.165, 1.54) is 0 Å². The number of rotatable bonds is 3. The van der Waals surface area contributed by atoms with Gasteiger partial charge >= 0.3 is 0 Å². The van der Waals surface area contributed by atoms with Crippen molar-refractivity contribution in [2.24, 2.45) is 0 Å².